The number of amides is 1. The van der Waals surface area contributed by atoms with Crippen molar-refractivity contribution in [2.24, 2.45) is 11.8 Å². The van der Waals surface area contributed by atoms with E-state index in [9.17, 15) is 26.4 Å². The van der Waals surface area contributed by atoms with Crippen molar-refractivity contribution in [2.75, 3.05) is 11.4 Å². The zero-order valence-electron chi connectivity index (χ0n) is 12.1. The Morgan fingerprint density at radius 2 is 1.77 bits per heavy atom. The molecule has 1 saturated carbocycles. The van der Waals surface area contributed by atoms with E-state index in [2.05, 4.69) is 0 Å². The van der Waals surface area contributed by atoms with Gasteiger partial charge in [-0.3, -0.25) is 4.79 Å². The average Bonchev–Trinajstić information content (AvgIpc) is 3.16. The van der Waals surface area contributed by atoms with Gasteiger partial charge in [0.1, 0.15) is 0 Å². The second-order valence-corrected chi connectivity index (χ2v) is 7.29. The van der Waals surface area contributed by atoms with Gasteiger partial charge in [0.25, 0.3) is 9.84 Å². The molecule has 0 aliphatic heterocycles. The Hall–Kier alpha value is -1.57. The van der Waals surface area contributed by atoms with Gasteiger partial charge in [0.05, 0.1) is 4.90 Å². The van der Waals surface area contributed by atoms with Gasteiger partial charge in [-0.15, -0.1) is 0 Å². The van der Waals surface area contributed by atoms with E-state index in [0.717, 1.165) is 18.6 Å². The lowest BCUT2D eigenvalue weighted by molar-refractivity contribution is -0.120. The van der Waals surface area contributed by atoms with Crippen LogP contribution in [0.4, 0.5) is 18.9 Å². The highest BCUT2D eigenvalue weighted by Gasteiger charge is 2.47. The standard InChI is InChI=1S/C14H16F3NO3S/c1-3-18(13(19)12-8-9(12)2)10-4-6-11(7-5-10)22(20,21)14(15,16)17/h4-7,9,12H,3,8H2,1-2H3/t9-,12-/m0/s1. The molecule has 0 N–H and O–H groups in total. The molecule has 22 heavy (non-hydrogen) atoms. The summed E-state index contributed by atoms with van der Waals surface area (Å²) in [5.74, 6) is 0.173. The van der Waals surface area contributed by atoms with Crippen LogP contribution in [0.15, 0.2) is 29.2 Å². The van der Waals surface area contributed by atoms with Crippen LogP contribution in [0.5, 0.6) is 0 Å². The first-order chi connectivity index (χ1) is 10.1. The van der Waals surface area contributed by atoms with Crippen molar-refractivity contribution in [3.8, 4) is 0 Å². The SMILES string of the molecule is CCN(C(=O)[C@H]1C[C@@H]1C)c1ccc(S(=O)(=O)C(F)(F)F)cc1. The third-order valence-electron chi connectivity index (χ3n) is 3.77. The first kappa shape index (κ1) is 16.8. The molecule has 1 aliphatic carbocycles. The zero-order chi connectivity index (χ0) is 16.7. The number of alkyl halides is 3. The van der Waals surface area contributed by atoms with E-state index >= 15 is 0 Å². The van der Waals surface area contributed by atoms with E-state index in [4.69, 9.17) is 0 Å². The highest BCUT2D eigenvalue weighted by atomic mass is 32.2. The molecule has 0 unspecified atom stereocenters. The van der Waals surface area contributed by atoms with Crippen molar-refractivity contribution in [1.29, 1.82) is 0 Å². The van der Waals surface area contributed by atoms with E-state index < -0.39 is 20.2 Å². The summed E-state index contributed by atoms with van der Waals surface area (Å²) >= 11 is 0. The Morgan fingerprint density at radius 3 is 2.14 bits per heavy atom. The second-order valence-electron chi connectivity index (χ2n) is 5.35. The predicted octanol–water partition coefficient (Wildman–Crippen LogP) is 2.99. The summed E-state index contributed by atoms with van der Waals surface area (Å²) in [5.41, 5.74) is -4.94. The van der Waals surface area contributed by atoms with Crippen molar-refractivity contribution in [1.82, 2.24) is 0 Å². The first-order valence-electron chi connectivity index (χ1n) is 6.82. The summed E-state index contributed by atoms with van der Waals surface area (Å²) < 4.78 is 60.0. The Kier molecular flexibility index (Phi) is 4.25. The van der Waals surface area contributed by atoms with Crippen molar-refractivity contribution >= 4 is 21.4 Å². The lowest BCUT2D eigenvalue weighted by Gasteiger charge is -2.21. The molecular formula is C14H16F3NO3S. The summed E-state index contributed by atoms with van der Waals surface area (Å²) in [7, 11) is -5.36. The van der Waals surface area contributed by atoms with Gasteiger partial charge in [-0.1, -0.05) is 6.92 Å². The molecule has 1 aromatic carbocycles. The molecule has 1 aliphatic rings. The fourth-order valence-corrected chi connectivity index (χ4v) is 3.03. The maximum atomic E-state index is 12.5. The van der Waals surface area contributed by atoms with Gasteiger partial charge in [-0.25, -0.2) is 8.42 Å². The third-order valence-corrected chi connectivity index (χ3v) is 5.27. The van der Waals surface area contributed by atoms with Crippen LogP contribution in [0.2, 0.25) is 0 Å². The molecule has 0 bridgehead atoms. The number of sulfone groups is 1. The molecule has 1 aromatic rings. The van der Waals surface area contributed by atoms with Crippen LogP contribution >= 0.6 is 0 Å². The minimum atomic E-state index is -5.36. The number of halogens is 3. The monoisotopic (exact) mass is 335 g/mol. The average molecular weight is 335 g/mol. The summed E-state index contributed by atoms with van der Waals surface area (Å²) in [4.78, 5) is 12.8. The molecule has 0 saturated heterocycles. The molecule has 0 radical (unpaired) electrons. The molecule has 1 amide bonds. The van der Waals surface area contributed by atoms with Gasteiger partial charge in [0.15, 0.2) is 0 Å². The first-order valence-corrected chi connectivity index (χ1v) is 8.30. The van der Waals surface area contributed by atoms with Gasteiger partial charge in [-0.2, -0.15) is 13.2 Å². The van der Waals surface area contributed by atoms with E-state index in [1.165, 1.54) is 17.0 Å². The van der Waals surface area contributed by atoms with Crippen molar-refractivity contribution in [3.05, 3.63) is 24.3 Å². The van der Waals surface area contributed by atoms with Crippen LogP contribution in [0.25, 0.3) is 0 Å². The summed E-state index contributed by atoms with van der Waals surface area (Å²) in [5, 5.41) is 0. The van der Waals surface area contributed by atoms with Crippen LogP contribution in [-0.2, 0) is 14.6 Å². The highest BCUT2D eigenvalue weighted by molar-refractivity contribution is 7.92. The molecule has 1 fully saturated rings. The van der Waals surface area contributed by atoms with E-state index in [0.29, 0.717) is 18.2 Å². The fraction of sp³-hybridized carbons (Fsp3) is 0.500. The van der Waals surface area contributed by atoms with Gasteiger partial charge in [-0.05, 0) is 43.5 Å². The summed E-state index contributed by atoms with van der Waals surface area (Å²) in [6, 6.07) is 4.22. The second kappa shape index (κ2) is 5.57. The smallest absolute Gasteiger partial charge is 0.312 e. The molecule has 122 valence electrons. The van der Waals surface area contributed by atoms with Crippen LogP contribution in [-0.4, -0.2) is 26.4 Å². The number of hydrogen-bond donors (Lipinski definition) is 0. The number of anilines is 1. The van der Waals surface area contributed by atoms with E-state index in [1.54, 1.807) is 6.92 Å². The molecule has 8 heteroatoms. The molecule has 4 nitrogen and oxygen atoms in total. The number of carbonyl (C=O) groups is 1. The largest absolute Gasteiger partial charge is 0.501 e. The van der Waals surface area contributed by atoms with Gasteiger partial charge >= 0.3 is 5.51 Å². The summed E-state index contributed by atoms with van der Waals surface area (Å²) in [6.45, 7) is 4.08. The molecule has 0 aromatic heterocycles. The Morgan fingerprint density at radius 1 is 1.27 bits per heavy atom. The van der Waals surface area contributed by atoms with Crippen molar-refractivity contribution in [2.45, 2.75) is 30.7 Å². The predicted molar refractivity (Wildman–Crippen MR) is 75.0 cm³/mol. The van der Waals surface area contributed by atoms with Crippen LogP contribution in [0, 0.1) is 11.8 Å². The van der Waals surface area contributed by atoms with E-state index in [1.807, 2.05) is 6.92 Å². The van der Waals surface area contributed by atoms with Gasteiger partial charge in [0.2, 0.25) is 5.91 Å². The minimum Gasteiger partial charge on any atom is -0.312 e. The summed E-state index contributed by atoms with van der Waals surface area (Å²) in [6.07, 6.45) is 0.801. The molecule has 0 heterocycles. The molecule has 2 atom stereocenters. The number of hydrogen-bond acceptors (Lipinski definition) is 3. The minimum absolute atomic E-state index is 0.0569. The topological polar surface area (TPSA) is 54.5 Å². The fourth-order valence-electron chi connectivity index (χ4n) is 2.27. The molecule has 0 spiro atoms. The maximum absolute atomic E-state index is 12.5. The van der Waals surface area contributed by atoms with Crippen LogP contribution in [0.3, 0.4) is 0 Å². The number of rotatable bonds is 4. The Labute approximate surface area is 126 Å². The third kappa shape index (κ3) is 2.97. The van der Waals surface area contributed by atoms with E-state index in [-0.39, 0.29) is 11.8 Å². The molecule has 2 rings (SSSR count). The van der Waals surface area contributed by atoms with Crippen molar-refractivity contribution in [3.63, 3.8) is 0 Å². The Bertz CT molecular complexity index is 668. The van der Waals surface area contributed by atoms with Crippen LogP contribution in [0.1, 0.15) is 20.3 Å². The van der Waals surface area contributed by atoms with Crippen molar-refractivity contribution < 1.29 is 26.4 Å². The zero-order valence-corrected chi connectivity index (χ0v) is 12.9. The normalized spacial score (nSPS) is 21.5. The van der Waals surface area contributed by atoms with Gasteiger partial charge < -0.3 is 4.90 Å². The highest BCUT2D eigenvalue weighted by Crippen LogP contribution is 2.40. The quantitative estimate of drug-likeness (QED) is 0.850. The van der Waals surface area contributed by atoms with Gasteiger partial charge in [0, 0.05) is 18.2 Å². The van der Waals surface area contributed by atoms with Crippen LogP contribution < -0.4 is 4.90 Å². The lowest BCUT2D eigenvalue weighted by atomic mass is 10.2. The lowest BCUT2D eigenvalue weighted by Crippen LogP contribution is -2.32. The molecular weight excluding hydrogens is 319 g/mol. The number of nitrogens with zero attached hydrogens (tertiary/aromatic N) is 1. The number of carbonyl (C=O) groups excluding carboxylic acids is 1. The number of benzene rings is 1. The Balaban J connectivity index is 2.26. The maximum Gasteiger partial charge on any atom is 0.501 e.